The van der Waals surface area contributed by atoms with Crippen LogP contribution in [0.25, 0.3) is 0 Å². The Morgan fingerprint density at radius 2 is 1.48 bits per heavy atom. The third kappa shape index (κ3) is 6.63. The molecule has 1 amide bonds. The highest BCUT2D eigenvalue weighted by Crippen LogP contribution is 2.27. The molecule has 0 aliphatic heterocycles. The zero-order valence-corrected chi connectivity index (χ0v) is 20.6. The van der Waals surface area contributed by atoms with E-state index in [-0.39, 0.29) is 34.7 Å². The van der Waals surface area contributed by atoms with Gasteiger partial charge in [0.1, 0.15) is 0 Å². The van der Waals surface area contributed by atoms with Crippen LogP contribution in [0.4, 0.5) is 5.69 Å². The molecule has 2 aromatic rings. The van der Waals surface area contributed by atoms with Crippen molar-refractivity contribution >= 4 is 31.6 Å². The highest BCUT2D eigenvalue weighted by molar-refractivity contribution is 7.89. The second kappa shape index (κ2) is 10.8. The zero-order chi connectivity index (χ0) is 24.1. The molecular weight excluding hydrogens is 462 g/mol. The van der Waals surface area contributed by atoms with E-state index in [1.807, 2.05) is 6.92 Å². The Balaban J connectivity index is 1.53. The van der Waals surface area contributed by atoms with Gasteiger partial charge in [-0.2, -0.15) is 4.31 Å². The summed E-state index contributed by atoms with van der Waals surface area (Å²) >= 11 is 0. The number of hydrogen-bond donors (Lipinski definition) is 2. The van der Waals surface area contributed by atoms with E-state index in [2.05, 4.69) is 10.0 Å². The lowest BCUT2D eigenvalue weighted by atomic mass is 9.96. The summed E-state index contributed by atoms with van der Waals surface area (Å²) in [6.07, 6.45) is 4.91. The molecule has 0 heterocycles. The van der Waals surface area contributed by atoms with Crippen LogP contribution in [0.5, 0.6) is 0 Å². The number of amides is 1. The lowest BCUT2D eigenvalue weighted by Crippen LogP contribution is -2.38. The average molecular weight is 494 g/mol. The Bertz CT molecular complexity index is 1160. The monoisotopic (exact) mass is 493 g/mol. The van der Waals surface area contributed by atoms with Crippen molar-refractivity contribution in [2.24, 2.45) is 0 Å². The highest BCUT2D eigenvalue weighted by Gasteiger charge is 2.29. The van der Waals surface area contributed by atoms with Crippen molar-refractivity contribution in [1.29, 1.82) is 0 Å². The molecule has 0 bridgehead atoms. The molecule has 10 heteroatoms. The first-order valence-electron chi connectivity index (χ1n) is 11.0. The van der Waals surface area contributed by atoms with Crippen molar-refractivity contribution < 1.29 is 21.6 Å². The van der Waals surface area contributed by atoms with Crippen LogP contribution in [0.15, 0.2) is 58.3 Å². The van der Waals surface area contributed by atoms with E-state index >= 15 is 0 Å². The average Bonchev–Trinajstić information content (AvgIpc) is 2.79. The third-order valence-electron chi connectivity index (χ3n) is 5.88. The molecule has 0 spiro atoms. The maximum absolute atomic E-state index is 12.9. The van der Waals surface area contributed by atoms with Crippen LogP contribution in [0.2, 0.25) is 0 Å². The minimum absolute atomic E-state index is 0.0202. The number of aryl methyl sites for hydroxylation is 1. The van der Waals surface area contributed by atoms with Crippen LogP contribution in [-0.2, 0) is 24.8 Å². The second-order valence-corrected chi connectivity index (χ2v) is 12.1. The van der Waals surface area contributed by atoms with Crippen molar-refractivity contribution in [3.8, 4) is 0 Å². The van der Waals surface area contributed by atoms with E-state index in [4.69, 9.17) is 0 Å². The lowest BCUT2D eigenvalue weighted by Gasteiger charge is -2.30. The van der Waals surface area contributed by atoms with E-state index in [0.29, 0.717) is 5.69 Å². The van der Waals surface area contributed by atoms with Gasteiger partial charge in [-0.1, -0.05) is 37.0 Å². The summed E-state index contributed by atoms with van der Waals surface area (Å²) in [6, 6.07) is 12.5. The standard InChI is InChI=1S/C23H31N3O5S2/c1-18-8-12-21(13-9-18)32(28,29)24-17-16-23(27)25-19-10-14-22(15-11-19)33(30,31)26(2)20-6-4-3-5-7-20/h8-15,20,24H,3-7,16-17H2,1-2H3,(H,25,27). The Kier molecular flexibility index (Phi) is 8.28. The highest BCUT2D eigenvalue weighted by atomic mass is 32.2. The van der Waals surface area contributed by atoms with Gasteiger partial charge in [0.15, 0.2) is 0 Å². The van der Waals surface area contributed by atoms with Crippen molar-refractivity contribution in [3.05, 3.63) is 54.1 Å². The summed E-state index contributed by atoms with van der Waals surface area (Å²) < 4.78 is 54.2. The number of anilines is 1. The number of benzene rings is 2. The van der Waals surface area contributed by atoms with Crippen LogP contribution >= 0.6 is 0 Å². The predicted octanol–water partition coefficient (Wildman–Crippen LogP) is 3.26. The Morgan fingerprint density at radius 3 is 2.09 bits per heavy atom. The summed E-state index contributed by atoms with van der Waals surface area (Å²) in [6.45, 7) is 1.81. The predicted molar refractivity (Wildman–Crippen MR) is 128 cm³/mol. The zero-order valence-electron chi connectivity index (χ0n) is 19.0. The molecule has 2 N–H and O–H groups in total. The smallest absolute Gasteiger partial charge is 0.243 e. The molecule has 8 nitrogen and oxygen atoms in total. The maximum Gasteiger partial charge on any atom is 0.243 e. The molecule has 1 fully saturated rings. The molecule has 1 aliphatic carbocycles. The van der Waals surface area contributed by atoms with Gasteiger partial charge in [0, 0.05) is 31.7 Å². The molecule has 33 heavy (non-hydrogen) atoms. The van der Waals surface area contributed by atoms with Crippen LogP contribution < -0.4 is 10.0 Å². The van der Waals surface area contributed by atoms with E-state index in [9.17, 15) is 21.6 Å². The van der Waals surface area contributed by atoms with E-state index in [0.717, 1.165) is 37.7 Å². The largest absolute Gasteiger partial charge is 0.326 e. The first-order valence-corrected chi connectivity index (χ1v) is 14.0. The SMILES string of the molecule is Cc1ccc(S(=O)(=O)NCCC(=O)Nc2ccc(S(=O)(=O)N(C)C3CCCCC3)cc2)cc1. The first kappa shape index (κ1) is 25.4. The topological polar surface area (TPSA) is 113 Å². The molecule has 0 aromatic heterocycles. The number of carbonyl (C=O) groups excluding carboxylic acids is 1. The van der Waals surface area contributed by atoms with Gasteiger partial charge in [0.05, 0.1) is 9.79 Å². The summed E-state index contributed by atoms with van der Waals surface area (Å²) in [5.74, 6) is -0.378. The van der Waals surface area contributed by atoms with Crippen molar-refractivity contribution in [2.75, 3.05) is 18.9 Å². The van der Waals surface area contributed by atoms with Gasteiger partial charge in [-0.05, 0) is 56.2 Å². The number of nitrogens with zero attached hydrogens (tertiary/aromatic N) is 1. The molecule has 1 aliphatic rings. The fourth-order valence-corrected chi connectivity index (χ4v) is 6.29. The van der Waals surface area contributed by atoms with Gasteiger partial charge >= 0.3 is 0 Å². The fraction of sp³-hybridized carbons (Fsp3) is 0.435. The summed E-state index contributed by atoms with van der Waals surface area (Å²) in [4.78, 5) is 12.5. The van der Waals surface area contributed by atoms with Crippen LogP contribution in [0.1, 0.15) is 44.1 Å². The minimum Gasteiger partial charge on any atom is -0.326 e. The molecule has 2 aromatic carbocycles. The number of rotatable bonds is 9. The van der Waals surface area contributed by atoms with Crippen LogP contribution in [0, 0.1) is 6.92 Å². The molecule has 0 atom stereocenters. The van der Waals surface area contributed by atoms with Gasteiger partial charge in [-0.3, -0.25) is 4.79 Å². The summed E-state index contributed by atoms with van der Waals surface area (Å²) in [5.41, 5.74) is 1.40. The van der Waals surface area contributed by atoms with E-state index in [1.165, 1.54) is 40.7 Å². The van der Waals surface area contributed by atoms with E-state index in [1.54, 1.807) is 19.2 Å². The molecular formula is C23H31N3O5S2. The van der Waals surface area contributed by atoms with Crippen molar-refractivity contribution in [1.82, 2.24) is 9.03 Å². The van der Waals surface area contributed by atoms with Crippen LogP contribution in [0.3, 0.4) is 0 Å². The van der Waals surface area contributed by atoms with Gasteiger partial charge in [-0.15, -0.1) is 0 Å². The quantitative estimate of drug-likeness (QED) is 0.557. The number of hydrogen-bond acceptors (Lipinski definition) is 5. The number of carbonyl (C=O) groups is 1. The van der Waals surface area contributed by atoms with Gasteiger partial charge < -0.3 is 5.32 Å². The maximum atomic E-state index is 12.9. The normalized spacial score (nSPS) is 15.5. The Labute approximate surface area is 196 Å². The summed E-state index contributed by atoms with van der Waals surface area (Å²) in [5, 5.41) is 2.66. The van der Waals surface area contributed by atoms with Gasteiger partial charge in [0.25, 0.3) is 0 Å². The van der Waals surface area contributed by atoms with Gasteiger partial charge in [0.2, 0.25) is 26.0 Å². The number of nitrogens with one attached hydrogen (secondary N) is 2. The summed E-state index contributed by atoms with van der Waals surface area (Å²) in [7, 11) is -5.66. The molecule has 1 saturated carbocycles. The van der Waals surface area contributed by atoms with Crippen molar-refractivity contribution in [2.45, 2.75) is 61.3 Å². The number of sulfonamides is 2. The lowest BCUT2D eigenvalue weighted by molar-refractivity contribution is -0.116. The first-order chi connectivity index (χ1) is 15.6. The van der Waals surface area contributed by atoms with E-state index < -0.39 is 20.0 Å². The molecule has 3 rings (SSSR count). The molecule has 180 valence electrons. The molecule has 0 unspecified atom stereocenters. The molecule has 0 saturated heterocycles. The molecule has 0 radical (unpaired) electrons. The van der Waals surface area contributed by atoms with Gasteiger partial charge in [-0.25, -0.2) is 21.6 Å². The third-order valence-corrected chi connectivity index (χ3v) is 9.28. The fourth-order valence-electron chi connectivity index (χ4n) is 3.84. The van der Waals surface area contributed by atoms with Crippen molar-refractivity contribution in [3.63, 3.8) is 0 Å². The Morgan fingerprint density at radius 1 is 0.909 bits per heavy atom. The second-order valence-electron chi connectivity index (χ2n) is 8.35. The van der Waals surface area contributed by atoms with Crippen LogP contribution in [-0.4, -0.2) is 46.7 Å². The Hall–Kier alpha value is -2.27. The minimum atomic E-state index is -3.69.